The van der Waals surface area contributed by atoms with Crippen molar-refractivity contribution in [1.82, 2.24) is 15.2 Å². The molecule has 0 saturated carbocycles. The third kappa shape index (κ3) is 4.77. The summed E-state index contributed by atoms with van der Waals surface area (Å²) in [5.74, 6) is 0. The molecular formula is C21H22ClN5S. The molecule has 0 aliphatic carbocycles. The van der Waals surface area contributed by atoms with Crippen LogP contribution in [0.1, 0.15) is 28.1 Å². The van der Waals surface area contributed by atoms with Crippen molar-refractivity contribution in [3.8, 4) is 0 Å². The number of benzene rings is 2. The first-order chi connectivity index (χ1) is 13.5. The molecule has 1 aromatic heterocycles. The van der Waals surface area contributed by atoms with Gasteiger partial charge in [0, 0.05) is 22.0 Å². The van der Waals surface area contributed by atoms with Gasteiger partial charge < -0.3 is 5.32 Å². The van der Waals surface area contributed by atoms with Gasteiger partial charge in [-0.15, -0.1) is 0 Å². The van der Waals surface area contributed by atoms with Gasteiger partial charge in [-0.1, -0.05) is 48.0 Å². The van der Waals surface area contributed by atoms with Crippen molar-refractivity contribution in [2.45, 2.75) is 27.3 Å². The summed E-state index contributed by atoms with van der Waals surface area (Å²) in [6.45, 7) is 6.67. The molecule has 0 saturated heterocycles. The highest BCUT2D eigenvalue weighted by Crippen LogP contribution is 2.22. The van der Waals surface area contributed by atoms with Gasteiger partial charge in [-0.05, 0) is 56.2 Å². The zero-order valence-electron chi connectivity index (χ0n) is 16.0. The number of thiocarbonyl (C=S) groups is 1. The molecule has 7 heteroatoms. The average molecular weight is 412 g/mol. The number of rotatable bonds is 5. The summed E-state index contributed by atoms with van der Waals surface area (Å²) in [6, 6.07) is 15.9. The maximum Gasteiger partial charge on any atom is 0.191 e. The second kappa shape index (κ2) is 8.99. The number of aryl methyl sites for hydroxylation is 1. The lowest BCUT2D eigenvalue weighted by Gasteiger charge is -2.10. The first kappa shape index (κ1) is 20.0. The number of halogens is 1. The van der Waals surface area contributed by atoms with E-state index < -0.39 is 0 Å². The predicted molar refractivity (Wildman–Crippen MR) is 120 cm³/mol. The van der Waals surface area contributed by atoms with Gasteiger partial charge in [-0.25, -0.2) is 0 Å². The van der Waals surface area contributed by atoms with E-state index in [1.807, 2.05) is 61.9 Å². The second-order valence-electron chi connectivity index (χ2n) is 6.46. The monoisotopic (exact) mass is 411 g/mol. The van der Waals surface area contributed by atoms with Crippen LogP contribution in [-0.4, -0.2) is 21.1 Å². The van der Waals surface area contributed by atoms with Gasteiger partial charge in [0.25, 0.3) is 0 Å². The van der Waals surface area contributed by atoms with E-state index in [1.165, 1.54) is 5.56 Å². The summed E-state index contributed by atoms with van der Waals surface area (Å²) in [5, 5.41) is 13.1. The van der Waals surface area contributed by atoms with Crippen LogP contribution in [0.4, 0.5) is 5.69 Å². The second-order valence-corrected chi connectivity index (χ2v) is 7.28. The lowest BCUT2D eigenvalue weighted by atomic mass is 10.2. The quantitative estimate of drug-likeness (QED) is 0.358. The highest BCUT2D eigenvalue weighted by molar-refractivity contribution is 7.80. The van der Waals surface area contributed by atoms with Crippen molar-refractivity contribution in [3.05, 3.63) is 81.6 Å². The van der Waals surface area contributed by atoms with Gasteiger partial charge in [-0.2, -0.15) is 10.2 Å². The lowest BCUT2D eigenvalue weighted by molar-refractivity contribution is 0.659. The Morgan fingerprint density at radius 3 is 2.64 bits per heavy atom. The molecule has 144 valence electrons. The number of anilines is 1. The summed E-state index contributed by atoms with van der Waals surface area (Å²) in [5.41, 5.74) is 8.79. The molecule has 0 aliphatic rings. The van der Waals surface area contributed by atoms with Gasteiger partial charge in [0.2, 0.25) is 0 Å². The van der Waals surface area contributed by atoms with Crippen molar-refractivity contribution < 1.29 is 0 Å². The zero-order chi connectivity index (χ0) is 20.1. The van der Waals surface area contributed by atoms with Gasteiger partial charge >= 0.3 is 0 Å². The van der Waals surface area contributed by atoms with E-state index in [2.05, 4.69) is 33.1 Å². The number of hydrogen-bond acceptors (Lipinski definition) is 3. The molecule has 5 nitrogen and oxygen atoms in total. The van der Waals surface area contributed by atoms with Crippen molar-refractivity contribution in [2.24, 2.45) is 5.10 Å². The van der Waals surface area contributed by atoms with Crippen LogP contribution in [0, 0.1) is 20.8 Å². The van der Waals surface area contributed by atoms with Crippen molar-refractivity contribution in [2.75, 3.05) is 5.32 Å². The van der Waals surface area contributed by atoms with Crippen molar-refractivity contribution in [1.29, 1.82) is 0 Å². The number of nitrogens with one attached hydrogen (secondary N) is 2. The van der Waals surface area contributed by atoms with Crippen LogP contribution in [0.15, 0.2) is 53.6 Å². The summed E-state index contributed by atoms with van der Waals surface area (Å²) in [6.07, 6.45) is 1.75. The summed E-state index contributed by atoms with van der Waals surface area (Å²) in [7, 11) is 0. The molecular weight excluding hydrogens is 390 g/mol. The molecule has 3 rings (SSSR count). The van der Waals surface area contributed by atoms with Gasteiger partial charge in [0.05, 0.1) is 18.5 Å². The van der Waals surface area contributed by atoms with Crippen LogP contribution in [-0.2, 0) is 6.54 Å². The fraction of sp³-hybridized carbons (Fsp3) is 0.190. The van der Waals surface area contributed by atoms with E-state index in [0.717, 1.165) is 34.7 Å². The van der Waals surface area contributed by atoms with Gasteiger partial charge in [-0.3, -0.25) is 10.1 Å². The molecule has 0 amide bonds. The number of aromatic nitrogens is 2. The van der Waals surface area contributed by atoms with E-state index in [9.17, 15) is 0 Å². The topological polar surface area (TPSA) is 54.2 Å². The Morgan fingerprint density at radius 1 is 1.14 bits per heavy atom. The van der Waals surface area contributed by atoms with E-state index in [-0.39, 0.29) is 0 Å². The smallest absolute Gasteiger partial charge is 0.191 e. The molecule has 0 radical (unpaired) electrons. The molecule has 0 aliphatic heterocycles. The summed E-state index contributed by atoms with van der Waals surface area (Å²) >= 11 is 11.4. The Kier molecular flexibility index (Phi) is 6.44. The highest BCUT2D eigenvalue weighted by atomic mass is 35.5. The number of hydrogen-bond donors (Lipinski definition) is 2. The Bertz CT molecular complexity index is 1010. The molecule has 2 N–H and O–H groups in total. The minimum atomic E-state index is 0.397. The van der Waals surface area contributed by atoms with Crippen LogP contribution < -0.4 is 10.7 Å². The lowest BCUT2D eigenvalue weighted by Crippen LogP contribution is -2.24. The van der Waals surface area contributed by atoms with E-state index >= 15 is 0 Å². The minimum Gasteiger partial charge on any atom is -0.331 e. The van der Waals surface area contributed by atoms with Gasteiger partial charge in [0.1, 0.15) is 0 Å². The van der Waals surface area contributed by atoms with Crippen LogP contribution >= 0.6 is 23.8 Å². The fourth-order valence-corrected chi connectivity index (χ4v) is 3.19. The zero-order valence-corrected chi connectivity index (χ0v) is 17.6. The molecule has 0 fully saturated rings. The Balaban J connectivity index is 1.65. The molecule has 0 unspecified atom stereocenters. The normalized spacial score (nSPS) is 11.0. The molecule has 3 aromatic rings. The third-order valence-electron chi connectivity index (χ3n) is 4.49. The fourth-order valence-electron chi connectivity index (χ4n) is 2.86. The molecule has 1 heterocycles. The molecule has 28 heavy (non-hydrogen) atoms. The van der Waals surface area contributed by atoms with Gasteiger partial charge in [0.15, 0.2) is 5.11 Å². The van der Waals surface area contributed by atoms with E-state index in [0.29, 0.717) is 10.1 Å². The van der Waals surface area contributed by atoms with Crippen molar-refractivity contribution >= 4 is 40.8 Å². The molecule has 0 spiro atoms. The molecule has 2 aromatic carbocycles. The molecule has 0 bridgehead atoms. The van der Waals surface area contributed by atoms with Crippen LogP contribution in [0.3, 0.4) is 0 Å². The Labute approximate surface area is 175 Å². The Hall–Kier alpha value is -2.70. The summed E-state index contributed by atoms with van der Waals surface area (Å²) in [4.78, 5) is 0. The maximum atomic E-state index is 6.13. The minimum absolute atomic E-state index is 0.397. The highest BCUT2D eigenvalue weighted by Gasteiger charge is 2.10. The van der Waals surface area contributed by atoms with Crippen LogP contribution in [0.2, 0.25) is 5.02 Å². The first-order valence-corrected chi connectivity index (χ1v) is 9.67. The van der Waals surface area contributed by atoms with E-state index in [1.54, 1.807) is 6.21 Å². The number of hydrazone groups is 1. The first-order valence-electron chi connectivity index (χ1n) is 8.89. The third-order valence-corrected chi connectivity index (χ3v) is 5.09. The van der Waals surface area contributed by atoms with Crippen molar-refractivity contribution in [3.63, 3.8) is 0 Å². The SMILES string of the molecule is Cc1nn(Cc2ccccc2)c(C)c1/C=N\NC(=S)Nc1cccc(Cl)c1C. The predicted octanol–water partition coefficient (Wildman–Crippen LogP) is 4.83. The van der Waals surface area contributed by atoms with E-state index in [4.69, 9.17) is 23.8 Å². The standard InChI is InChI=1S/C21H22ClN5S/c1-14-19(22)10-7-11-20(14)24-21(28)25-23-12-18-15(2)26-27(16(18)3)13-17-8-5-4-6-9-17/h4-12H,13H2,1-3H3,(H2,24,25,28)/b23-12-. The Morgan fingerprint density at radius 2 is 1.89 bits per heavy atom. The van der Waals surface area contributed by atoms with Crippen LogP contribution in [0.25, 0.3) is 0 Å². The number of nitrogens with zero attached hydrogens (tertiary/aromatic N) is 3. The largest absolute Gasteiger partial charge is 0.331 e. The summed E-state index contributed by atoms with van der Waals surface area (Å²) < 4.78 is 1.98. The van der Waals surface area contributed by atoms with Crippen LogP contribution in [0.5, 0.6) is 0 Å². The molecule has 0 atom stereocenters. The maximum absolute atomic E-state index is 6.13. The average Bonchev–Trinajstić information content (AvgIpc) is 2.93.